The van der Waals surface area contributed by atoms with Crippen LogP contribution < -0.4 is 5.73 Å². The van der Waals surface area contributed by atoms with Crippen LogP contribution in [0.15, 0.2) is 30.6 Å². The zero-order chi connectivity index (χ0) is 14.8. The summed E-state index contributed by atoms with van der Waals surface area (Å²) in [6.07, 6.45) is -1.08. The Kier molecular flexibility index (Phi) is 4.08. The Morgan fingerprint density at radius 2 is 2.05 bits per heavy atom. The van der Waals surface area contributed by atoms with Gasteiger partial charge < -0.3 is 5.73 Å². The van der Waals surface area contributed by atoms with Gasteiger partial charge in [0.15, 0.2) is 0 Å². The Morgan fingerprint density at radius 1 is 1.30 bits per heavy atom. The minimum Gasteiger partial charge on any atom is -0.318 e. The molecule has 20 heavy (non-hydrogen) atoms. The molecule has 2 heterocycles. The summed E-state index contributed by atoms with van der Waals surface area (Å²) in [6, 6.07) is 3.45. The number of hydrogen-bond donors (Lipinski definition) is 1. The lowest BCUT2D eigenvalue weighted by molar-refractivity contribution is -0.137. The van der Waals surface area contributed by atoms with Crippen LogP contribution in [-0.2, 0) is 12.7 Å². The normalized spacial score (nSPS) is 13.4. The Bertz CT molecular complexity index is 560. The second-order valence-electron chi connectivity index (χ2n) is 4.43. The lowest BCUT2D eigenvalue weighted by Gasteiger charge is -2.14. The van der Waals surface area contributed by atoms with Gasteiger partial charge in [0.1, 0.15) is 0 Å². The van der Waals surface area contributed by atoms with Crippen molar-refractivity contribution in [1.82, 2.24) is 14.8 Å². The van der Waals surface area contributed by atoms with Crippen molar-refractivity contribution in [3.05, 3.63) is 47.5 Å². The maximum absolute atomic E-state index is 12.5. The third-order valence-corrected chi connectivity index (χ3v) is 2.94. The molecule has 0 spiro atoms. The lowest BCUT2D eigenvalue weighted by Crippen LogP contribution is -2.19. The molecule has 4 nitrogen and oxygen atoms in total. The standard InChI is InChI=1S/C13H15F3N4/c1-2-7-20-11(5-6-19-20)12(17)10-4-3-9(8-18-10)13(14,15)16/h3-6,8,12H,2,7,17H2,1H3. The predicted molar refractivity (Wildman–Crippen MR) is 67.8 cm³/mol. The first-order valence-electron chi connectivity index (χ1n) is 6.24. The molecule has 108 valence electrons. The molecule has 2 aromatic rings. The molecule has 0 saturated heterocycles. The molecule has 1 unspecified atom stereocenters. The van der Waals surface area contributed by atoms with Gasteiger partial charge in [-0.2, -0.15) is 18.3 Å². The second-order valence-corrected chi connectivity index (χ2v) is 4.43. The van der Waals surface area contributed by atoms with Crippen molar-refractivity contribution in [2.75, 3.05) is 0 Å². The zero-order valence-corrected chi connectivity index (χ0v) is 10.9. The molecule has 0 amide bonds. The van der Waals surface area contributed by atoms with E-state index in [-0.39, 0.29) is 0 Å². The van der Waals surface area contributed by atoms with Crippen LogP contribution in [0.3, 0.4) is 0 Å². The molecule has 0 aliphatic carbocycles. The molecular weight excluding hydrogens is 269 g/mol. The number of aromatic nitrogens is 3. The molecule has 2 N–H and O–H groups in total. The van der Waals surface area contributed by atoms with Gasteiger partial charge >= 0.3 is 6.18 Å². The number of rotatable bonds is 4. The van der Waals surface area contributed by atoms with E-state index in [0.29, 0.717) is 12.2 Å². The van der Waals surface area contributed by atoms with Gasteiger partial charge in [-0.05, 0) is 24.6 Å². The predicted octanol–water partition coefficient (Wildman–Crippen LogP) is 2.76. The van der Waals surface area contributed by atoms with E-state index in [4.69, 9.17) is 5.73 Å². The van der Waals surface area contributed by atoms with E-state index in [9.17, 15) is 13.2 Å². The van der Waals surface area contributed by atoms with Gasteiger partial charge in [0, 0.05) is 18.9 Å². The van der Waals surface area contributed by atoms with Crippen LogP contribution in [0.4, 0.5) is 13.2 Å². The van der Waals surface area contributed by atoms with Crippen LogP contribution in [-0.4, -0.2) is 14.8 Å². The van der Waals surface area contributed by atoms with E-state index in [1.165, 1.54) is 6.07 Å². The van der Waals surface area contributed by atoms with E-state index in [2.05, 4.69) is 10.1 Å². The van der Waals surface area contributed by atoms with Gasteiger partial charge in [0.25, 0.3) is 0 Å². The van der Waals surface area contributed by atoms with Crippen molar-refractivity contribution in [1.29, 1.82) is 0 Å². The molecule has 0 aliphatic heterocycles. The highest BCUT2D eigenvalue weighted by Crippen LogP contribution is 2.29. The highest BCUT2D eigenvalue weighted by molar-refractivity contribution is 5.24. The summed E-state index contributed by atoms with van der Waals surface area (Å²) < 4.78 is 39.2. The topological polar surface area (TPSA) is 56.7 Å². The largest absolute Gasteiger partial charge is 0.417 e. The third kappa shape index (κ3) is 2.98. The summed E-state index contributed by atoms with van der Waals surface area (Å²) in [4.78, 5) is 3.82. The van der Waals surface area contributed by atoms with Crippen molar-refractivity contribution in [2.45, 2.75) is 32.1 Å². The molecule has 1 atom stereocenters. The molecule has 7 heteroatoms. The van der Waals surface area contributed by atoms with Crippen molar-refractivity contribution < 1.29 is 13.2 Å². The average Bonchev–Trinajstić information content (AvgIpc) is 2.86. The van der Waals surface area contributed by atoms with E-state index < -0.39 is 17.8 Å². The average molecular weight is 284 g/mol. The quantitative estimate of drug-likeness (QED) is 0.939. The minimum absolute atomic E-state index is 0.385. The summed E-state index contributed by atoms with van der Waals surface area (Å²) in [6.45, 7) is 2.71. The first-order chi connectivity index (χ1) is 9.43. The van der Waals surface area contributed by atoms with Gasteiger partial charge in [-0.3, -0.25) is 9.67 Å². The van der Waals surface area contributed by atoms with Crippen molar-refractivity contribution in [2.24, 2.45) is 5.73 Å². The number of pyridine rings is 1. The summed E-state index contributed by atoms with van der Waals surface area (Å²) in [5, 5.41) is 4.14. The van der Waals surface area contributed by atoms with Gasteiger partial charge in [-0.25, -0.2) is 0 Å². The number of nitrogens with two attached hydrogens (primary N) is 1. The summed E-state index contributed by atoms with van der Waals surface area (Å²) in [7, 11) is 0. The number of halogens is 3. The fourth-order valence-electron chi connectivity index (χ4n) is 1.91. The third-order valence-electron chi connectivity index (χ3n) is 2.94. The number of aryl methyl sites for hydroxylation is 1. The smallest absolute Gasteiger partial charge is 0.318 e. The Hall–Kier alpha value is -1.89. The molecule has 0 fully saturated rings. The number of hydrogen-bond acceptors (Lipinski definition) is 3. The number of nitrogens with zero attached hydrogens (tertiary/aromatic N) is 3. The van der Waals surface area contributed by atoms with E-state index in [1.54, 1.807) is 16.9 Å². The Morgan fingerprint density at radius 3 is 2.60 bits per heavy atom. The SMILES string of the molecule is CCCn1nccc1C(N)c1ccc(C(F)(F)F)cn1. The first kappa shape index (κ1) is 14.5. The molecule has 0 saturated carbocycles. The van der Waals surface area contributed by atoms with Crippen molar-refractivity contribution in [3.63, 3.8) is 0 Å². The van der Waals surface area contributed by atoms with Crippen molar-refractivity contribution >= 4 is 0 Å². The van der Waals surface area contributed by atoms with Gasteiger partial charge in [-0.1, -0.05) is 6.92 Å². The Labute approximate surface area is 114 Å². The zero-order valence-electron chi connectivity index (χ0n) is 10.9. The van der Waals surface area contributed by atoms with Gasteiger partial charge in [0.2, 0.25) is 0 Å². The monoisotopic (exact) mass is 284 g/mol. The maximum Gasteiger partial charge on any atom is 0.417 e. The highest BCUT2D eigenvalue weighted by Gasteiger charge is 2.31. The minimum atomic E-state index is -4.39. The molecular formula is C13H15F3N4. The summed E-state index contributed by atoms with van der Waals surface area (Å²) in [5.41, 5.74) is 6.38. The molecule has 0 radical (unpaired) electrons. The molecule has 2 aromatic heterocycles. The maximum atomic E-state index is 12.5. The van der Waals surface area contributed by atoms with Crippen molar-refractivity contribution in [3.8, 4) is 0 Å². The Balaban J connectivity index is 2.25. The van der Waals surface area contributed by atoms with E-state index in [0.717, 1.165) is 24.4 Å². The number of alkyl halides is 3. The van der Waals surface area contributed by atoms with Gasteiger partial charge in [0.05, 0.1) is 23.0 Å². The second kappa shape index (κ2) is 5.62. The van der Waals surface area contributed by atoms with Gasteiger partial charge in [-0.15, -0.1) is 0 Å². The van der Waals surface area contributed by atoms with Crippen LogP contribution in [0.5, 0.6) is 0 Å². The highest BCUT2D eigenvalue weighted by atomic mass is 19.4. The summed E-state index contributed by atoms with van der Waals surface area (Å²) in [5.74, 6) is 0. The summed E-state index contributed by atoms with van der Waals surface area (Å²) >= 11 is 0. The van der Waals surface area contributed by atoms with Crippen LogP contribution in [0.2, 0.25) is 0 Å². The lowest BCUT2D eigenvalue weighted by atomic mass is 10.1. The van der Waals surface area contributed by atoms with E-state index in [1.807, 2.05) is 6.92 Å². The van der Waals surface area contributed by atoms with E-state index >= 15 is 0 Å². The molecule has 0 aromatic carbocycles. The molecule has 0 bridgehead atoms. The fraction of sp³-hybridized carbons (Fsp3) is 0.385. The van der Waals surface area contributed by atoms with Crippen LogP contribution in [0, 0.1) is 0 Å². The molecule has 0 aliphatic rings. The van der Waals surface area contributed by atoms with Crippen LogP contribution in [0.1, 0.15) is 36.3 Å². The first-order valence-corrected chi connectivity index (χ1v) is 6.24. The van der Waals surface area contributed by atoms with Crippen LogP contribution in [0.25, 0.3) is 0 Å². The van der Waals surface area contributed by atoms with Crippen LogP contribution >= 0.6 is 0 Å². The molecule has 2 rings (SSSR count). The fourth-order valence-corrected chi connectivity index (χ4v) is 1.91.